The number of alkyl halides is 3. The highest BCUT2D eigenvalue weighted by Crippen LogP contribution is 2.28. The van der Waals surface area contributed by atoms with Crippen molar-refractivity contribution < 1.29 is 22.8 Å². The minimum atomic E-state index is -4.52. The van der Waals surface area contributed by atoms with E-state index in [4.69, 9.17) is 0 Å². The molecule has 2 aromatic rings. The van der Waals surface area contributed by atoms with Crippen LogP contribution in [-0.2, 0) is 11.0 Å². The molecule has 1 fully saturated rings. The number of likely N-dealkylation sites (tertiary alicyclic amines) is 1. The quantitative estimate of drug-likeness (QED) is 0.754. The Morgan fingerprint density at radius 3 is 2.48 bits per heavy atom. The van der Waals surface area contributed by atoms with Gasteiger partial charge in [0.2, 0.25) is 5.91 Å². The zero-order valence-electron chi connectivity index (χ0n) is 18.3. The molecule has 0 saturated carbocycles. The molecule has 2 atom stereocenters. The van der Waals surface area contributed by atoms with Crippen LogP contribution < -0.4 is 5.32 Å². The highest BCUT2D eigenvalue weighted by molar-refractivity contribution is 6.08. The standard InChI is InChI=1S/C23H24F3N5O2/c1-14-5-7-16(8-6-14)21-18(30-11-3-4-20(30)32)13-31(29-21)22(33)28-15(2)17-9-10-19(27-12-17)23(24,25)26/h5-10,12,15,18H,3-4,11,13H2,1-2H3,(H,28,33)/t15?,18-/m1/s1. The molecule has 3 heterocycles. The Morgan fingerprint density at radius 1 is 1.18 bits per heavy atom. The molecule has 174 valence electrons. The lowest BCUT2D eigenvalue weighted by molar-refractivity contribution is -0.141. The summed E-state index contributed by atoms with van der Waals surface area (Å²) in [6.45, 7) is 4.44. The summed E-state index contributed by atoms with van der Waals surface area (Å²) in [5.41, 5.74) is 2.00. The Hall–Kier alpha value is -3.43. The van der Waals surface area contributed by atoms with Crippen LogP contribution >= 0.6 is 0 Å². The zero-order chi connectivity index (χ0) is 23.8. The summed E-state index contributed by atoms with van der Waals surface area (Å²) in [7, 11) is 0. The average Bonchev–Trinajstić information content (AvgIpc) is 3.40. The van der Waals surface area contributed by atoms with Gasteiger partial charge in [-0.2, -0.15) is 18.3 Å². The predicted octanol–water partition coefficient (Wildman–Crippen LogP) is 3.89. The Balaban J connectivity index is 1.52. The molecular weight excluding hydrogens is 435 g/mol. The number of carbonyl (C=O) groups excluding carboxylic acids is 2. The molecule has 2 aliphatic heterocycles. The van der Waals surface area contributed by atoms with Crippen molar-refractivity contribution in [2.24, 2.45) is 5.10 Å². The van der Waals surface area contributed by atoms with Gasteiger partial charge in [-0.15, -0.1) is 0 Å². The number of aryl methyl sites for hydroxylation is 1. The van der Waals surface area contributed by atoms with Gasteiger partial charge in [0, 0.05) is 19.2 Å². The summed E-state index contributed by atoms with van der Waals surface area (Å²) in [5, 5.41) is 8.55. The lowest BCUT2D eigenvalue weighted by atomic mass is 10.0. The maximum absolute atomic E-state index is 12.9. The van der Waals surface area contributed by atoms with Gasteiger partial charge in [-0.25, -0.2) is 9.80 Å². The number of pyridine rings is 1. The second-order valence-corrected chi connectivity index (χ2v) is 8.29. The monoisotopic (exact) mass is 459 g/mol. The fourth-order valence-corrected chi connectivity index (χ4v) is 4.01. The van der Waals surface area contributed by atoms with Gasteiger partial charge in [0.15, 0.2) is 0 Å². The smallest absolute Gasteiger partial charge is 0.332 e. The van der Waals surface area contributed by atoms with Crippen LogP contribution in [0.4, 0.5) is 18.0 Å². The van der Waals surface area contributed by atoms with Crippen molar-refractivity contribution in [3.8, 4) is 0 Å². The van der Waals surface area contributed by atoms with Gasteiger partial charge in [0.1, 0.15) is 5.69 Å². The largest absolute Gasteiger partial charge is 0.433 e. The first-order valence-electron chi connectivity index (χ1n) is 10.7. The van der Waals surface area contributed by atoms with E-state index in [1.807, 2.05) is 31.2 Å². The van der Waals surface area contributed by atoms with Gasteiger partial charge in [0.05, 0.1) is 24.3 Å². The van der Waals surface area contributed by atoms with Crippen molar-refractivity contribution in [2.45, 2.75) is 44.9 Å². The maximum Gasteiger partial charge on any atom is 0.433 e. The molecular formula is C23H24F3N5O2. The fourth-order valence-electron chi connectivity index (χ4n) is 4.01. The predicted molar refractivity (Wildman–Crippen MR) is 115 cm³/mol. The van der Waals surface area contributed by atoms with E-state index >= 15 is 0 Å². The van der Waals surface area contributed by atoms with Crippen molar-refractivity contribution in [3.63, 3.8) is 0 Å². The molecule has 1 unspecified atom stereocenters. The van der Waals surface area contributed by atoms with E-state index in [-0.39, 0.29) is 18.5 Å². The minimum Gasteiger partial charge on any atom is -0.332 e. The summed E-state index contributed by atoms with van der Waals surface area (Å²) in [6.07, 6.45) is -2.18. The SMILES string of the molecule is Cc1ccc(C2=NN(C(=O)NC(C)c3ccc(C(F)(F)F)nc3)C[C@H]2N2CCCC2=O)cc1. The molecule has 2 aliphatic rings. The second kappa shape index (κ2) is 8.84. The molecule has 1 N–H and O–H groups in total. The van der Waals surface area contributed by atoms with Crippen LogP contribution in [0.3, 0.4) is 0 Å². The number of nitrogens with zero attached hydrogens (tertiary/aromatic N) is 4. The molecule has 10 heteroatoms. The maximum atomic E-state index is 12.9. The minimum absolute atomic E-state index is 0.0336. The molecule has 1 saturated heterocycles. The lowest BCUT2D eigenvalue weighted by Gasteiger charge is -2.25. The van der Waals surface area contributed by atoms with E-state index in [1.165, 1.54) is 11.1 Å². The Kier molecular flexibility index (Phi) is 6.09. The molecule has 4 rings (SSSR count). The van der Waals surface area contributed by atoms with Crippen molar-refractivity contribution in [2.75, 3.05) is 13.1 Å². The molecule has 0 bridgehead atoms. The number of hydrazone groups is 1. The average molecular weight is 459 g/mol. The van der Waals surface area contributed by atoms with Crippen LogP contribution in [0, 0.1) is 6.92 Å². The van der Waals surface area contributed by atoms with E-state index in [0.29, 0.717) is 24.2 Å². The van der Waals surface area contributed by atoms with Crippen molar-refractivity contribution in [1.29, 1.82) is 0 Å². The van der Waals surface area contributed by atoms with E-state index in [2.05, 4.69) is 15.4 Å². The number of benzene rings is 1. The van der Waals surface area contributed by atoms with Gasteiger partial charge in [-0.05, 0) is 37.5 Å². The third-order valence-electron chi connectivity index (χ3n) is 5.87. The molecule has 0 aliphatic carbocycles. The third kappa shape index (κ3) is 4.84. The number of urea groups is 1. The van der Waals surface area contributed by atoms with Crippen molar-refractivity contribution in [3.05, 3.63) is 65.0 Å². The van der Waals surface area contributed by atoms with Crippen molar-refractivity contribution >= 4 is 17.6 Å². The first-order chi connectivity index (χ1) is 15.6. The van der Waals surface area contributed by atoms with Crippen LogP contribution in [-0.4, -0.2) is 51.7 Å². The topological polar surface area (TPSA) is 77.9 Å². The van der Waals surface area contributed by atoms with E-state index < -0.39 is 23.9 Å². The Morgan fingerprint density at radius 2 is 1.91 bits per heavy atom. The number of hydrogen-bond acceptors (Lipinski definition) is 4. The third-order valence-corrected chi connectivity index (χ3v) is 5.87. The lowest BCUT2D eigenvalue weighted by Crippen LogP contribution is -2.46. The number of rotatable bonds is 4. The molecule has 0 spiro atoms. The van der Waals surface area contributed by atoms with Gasteiger partial charge >= 0.3 is 12.2 Å². The Labute approximate surface area is 189 Å². The van der Waals surface area contributed by atoms with Crippen molar-refractivity contribution in [1.82, 2.24) is 20.2 Å². The highest BCUT2D eigenvalue weighted by atomic mass is 19.4. The normalized spacial score (nSPS) is 19.6. The van der Waals surface area contributed by atoms with Crippen LogP contribution in [0.15, 0.2) is 47.7 Å². The first kappa shape index (κ1) is 22.8. The molecule has 33 heavy (non-hydrogen) atoms. The molecule has 1 aromatic heterocycles. The number of hydrogen-bond donors (Lipinski definition) is 1. The van der Waals surface area contributed by atoms with Gasteiger partial charge in [-0.1, -0.05) is 35.9 Å². The van der Waals surface area contributed by atoms with Crippen LogP contribution in [0.2, 0.25) is 0 Å². The molecule has 3 amide bonds. The number of amides is 3. The summed E-state index contributed by atoms with van der Waals surface area (Å²) in [5.74, 6) is 0.0336. The molecule has 1 aromatic carbocycles. The van der Waals surface area contributed by atoms with Gasteiger partial charge < -0.3 is 10.2 Å². The molecule has 0 radical (unpaired) electrons. The number of carbonyl (C=O) groups is 2. The summed E-state index contributed by atoms with van der Waals surface area (Å²) >= 11 is 0. The van der Waals surface area contributed by atoms with E-state index in [1.54, 1.807) is 11.8 Å². The number of nitrogens with one attached hydrogen (secondary N) is 1. The van der Waals surface area contributed by atoms with Gasteiger partial charge in [0.25, 0.3) is 0 Å². The first-order valence-corrected chi connectivity index (χ1v) is 10.7. The molecule has 7 nitrogen and oxygen atoms in total. The number of aromatic nitrogens is 1. The van der Waals surface area contributed by atoms with Crippen LogP contribution in [0.1, 0.15) is 48.2 Å². The second-order valence-electron chi connectivity index (χ2n) is 8.29. The number of halogens is 3. The van der Waals surface area contributed by atoms with Crippen LogP contribution in [0.25, 0.3) is 0 Å². The van der Waals surface area contributed by atoms with Gasteiger partial charge in [-0.3, -0.25) is 9.78 Å². The summed E-state index contributed by atoms with van der Waals surface area (Å²) in [6, 6.07) is 8.47. The van der Waals surface area contributed by atoms with E-state index in [0.717, 1.165) is 29.8 Å². The van der Waals surface area contributed by atoms with Crippen LogP contribution in [0.5, 0.6) is 0 Å². The summed E-state index contributed by atoms with van der Waals surface area (Å²) in [4.78, 5) is 30.5. The highest BCUT2D eigenvalue weighted by Gasteiger charge is 2.39. The Bertz CT molecular complexity index is 1070. The zero-order valence-corrected chi connectivity index (χ0v) is 18.3. The van der Waals surface area contributed by atoms with E-state index in [9.17, 15) is 22.8 Å². The fraction of sp³-hybridized carbons (Fsp3) is 0.391. The summed E-state index contributed by atoms with van der Waals surface area (Å²) < 4.78 is 38.2.